The lowest BCUT2D eigenvalue weighted by atomic mass is 10.1. The minimum atomic E-state index is -0.0673. The van der Waals surface area contributed by atoms with Gasteiger partial charge >= 0.3 is 0 Å². The third-order valence-electron chi connectivity index (χ3n) is 3.38. The maximum atomic E-state index is 6.25. The lowest BCUT2D eigenvalue weighted by Crippen LogP contribution is -2.39. The molecule has 2 rings (SSSR count). The number of hydrogen-bond donors (Lipinski definition) is 0. The summed E-state index contributed by atoms with van der Waals surface area (Å²) < 4.78 is 6.79. The molecule has 20 heavy (non-hydrogen) atoms. The van der Waals surface area contributed by atoms with Crippen molar-refractivity contribution in [2.75, 3.05) is 26.2 Å². The van der Waals surface area contributed by atoms with E-state index < -0.39 is 0 Å². The van der Waals surface area contributed by atoms with E-state index in [1.165, 1.54) is 0 Å². The van der Waals surface area contributed by atoms with Crippen LogP contribution in [0.1, 0.15) is 50.7 Å². The van der Waals surface area contributed by atoms with Crippen LogP contribution in [0.25, 0.3) is 0 Å². The van der Waals surface area contributed by atoms with Gasteiger partial charge < -0.3 is 4.74 Å². The molecular weight excluding hydrogens is 389 g/mol. The number of hydrogen-bond acceptors (Lipinski definition) is 4. The highest BCUT2D eigenvalue weighted by Gasteiger charge is 2.25. The largest absolute Gasteiger partial charge is 0.368 e. The summed E-state index contributed by atoms with van der Waals surface area (Å²) in [5, 5.41) is 0.538. The first kappa shape index (κ1) is 16.4. The maximum Gasteiger partial charge on any atom is 0.160 e. The Hall–Kier alpha value is 0.0200. The summed E-state index contributed by atoms with van der Waals surface area (Å²) in [5.41, 5.74) is 1.01. The molecule has 0 N–H and O–H groups in total. The normalized spacial score (nSPS) is 20.6. The fraction of sp³-hybridized carbons (Fsp3) is 0.714. The summed E-state index contributed by atoms with van der Waals surface area (Å²) in [6, 6.07) is 0. The molecule has 1 unspecified atom stereocenters. The molecule has 1 aromatic rings. The average molecular weight is 410 g/mol. The van der Waals surface area contributed by atoms with Crippen molar-refractivity contribution in [1.29, 1.82) is 0 Å². The number of rotatable bonds is 4. The van der Waals surface area contributed by atoms with Crippen LogP contribution in [-0.2, 0) is 4.74 Å². The summed E-state index contributed by atoms with van der Waals surface area (Å²) in [6.45, 7) is 10.1. The van der Waals surface area contributed by atoms with Crippen LogP contribution in [0.3, 0.4) is 0 Å². The standard InChI is InChI=1S/C14H21ClIN3O/c1-4-5-19-6-7-20-10(8-19)14-17-12(9(2)3)11(16)13(15)18-14/h9-10H,4-8H2,1-3H3. The van der Waals surface area contributed by atoms with Gasteiger partial charge in [0.25, 0.3) is 0 Å². The zero-order valence-corrected chi connectivity index (χ0v) is 15.1. The van der Waals surface area contributed by atoms with Crippen LogP contribution in [-0.4, -0.2) is 41.1 Å². The summed E-state index contributed by atoms with van der Waals surface area (Å²) in [4.78, 5) is 11.5. The second-order valence-corrected chi connectivity index (χ2v) is 6.82. The van der Waals surface area contributed by atoms with E-state index in [0.29, 0.717) is 11.1 Å². The van der Waals surface area contributed by atoms with Crippen LogP contribution >= 0.6 is 34.2 Å². The van der Waals surface area contributed by atoms with Crippen molar-refractivity contribution < 1.29 is 4.74 Å². The Balaban J connectivity index is 2.23. The minimum Gasteiger partial charge on any atom is -0.368 e. The molecule has 0 aromatic carbocycles. The highest BCUT2D eigenvalue weighted by molar-refractivity contribution is 14.1. The fourth-order valence-electron chi connectivity index (χ4n) is 2.36. The van der Waals surface area contributed by atoms with E-state index in [4.69, 9.17) is 21.3 Å². The van der Waals surface area contributed by atoms with Crippen molar-refractivity contribution in [3.05, 3.63) is 20.2 Å². The molecule has 1 fully saturated rings. The quantitative estimate of drug-likeness (QED) is 0.562. The van der Waals surface area contributed by atoms with Gasteiger partial charge in [-0.15, -0.1) is 0 Å². The molecule has 0 radical (unpaired) electrons. The monoisotopic (exact) mass is 409 g/mol. The minimum absolute atomic E-state index is 0.0673. The third-order valence-corrected chi connectivity index (χ3v) is 5.03. The van der Waals surface area contributed by atoms with E-state index in [1.54, 1.807) is 0 Å². The topological polar surface area (TPSA) is 38.2 Å². The molecular formula is C14H21ClIN3O. The van der Waals surface area contributed by atoms with Crippen LogP contribution in [0.5, 0.6) is 0 Å². The second-order valence-electron chi connectivity index (χ2n) is 5.39. The van der Waals surface area contributed by atoms with Crippen LogP contribution in [0, 0.1) is 3.57 Å². The SMILES string of the molecule is CCCN1CCOC(c2nc(Cl)c(I)c(C(C)C)n2)C1. The molecule has 0 saturated carbocycles. The Morgan fingerprint density at radius 3 is 2.85 bits per heavy atom. The molecule has 0 bridgehead atoms. The number of morpholine rings is 1. The van der Waals surface area contributed by atoms with E-state index in [0.717, 1.165) is 47.8 Å². The molecule has 4 nitrogen and oxygen atoms in total. The third kappa shape index (κ3) is 3.81. The summed E-state index contributed by atoms with van der Waals surface area (Å²) in [6.07, 6.45) is 1.08. The van der Waals surface area contributed by atoms with Crippen molar-refractivity contribution >= 4 is 34.2 Å². The van der Waals surface area contributed by atoms with Crippen molar-refractivity contribution in [2.45, 2.75) is 39.2 Å². The van der Waals surface area contributed by atoms with Crippen LogP contribution in [0.2, 0.25) is 5.15 Å². The first-order chi connectivity index (χ1) is 9.52. The van der Waals surface area contributed by atoms with E-state index in [9.17, 15) is 0 Å². The summed E-state index contributed by atoms with van der Waals surface area (Å²) in [5.74, 6) is 1.05. The van der Waals surface area contributed by atoms with Crippen LogP contribution in [0.4, 0.5) is 0 Å². The molecule has 0 amide bonds. The molecule has 1 atom stereocenters. The lowest BCUT2D eigenvalue weighted by molar-refractivity contribution is -0.0343. The van der Waals surface area contributed by atoms with Gasteiger partial charge in [-0.2, -0.15) is 0 Å². The van der Waals surface area contributed by atoms with E-state index in [1.807, 2.05) is 0 Å². The van der Waals surface area contributed by atoms with Gasteiger partial charge in [-0.25, -0.2) is 9.97 Å². The Kier molecular flexibility index (Phi) is 6.01. The van der Waals surface area contributed by atoms with Gasteiger partial charge in [0.1, 0.15) is 11.3 Å². The van der Waals surface area contributed by atoms with E-state index in [-0.39, 0.29) is 6.10 Å². The molecule has 2 heterocycles. The lowest BCUT2D eigenvalue weighted by Gasteiger charge is -2.32. The van der Waals surface area contributed by atoms with Gasteiger partial charge in [-0.3, -0.25) is 4.90 Å². The number of halogens is 2. The molecule has 1 aromatic heterocycles. The zero-order valence-electron chi connectivity index (χ0n) is 12.2. The maximum absolute atomic E-state index is 6.25. The fourth-order valence-corrected chi connectivity index (χ4v) is 3.40. The predicted octanol–water partition coefficient (Wildman–Crippen LogP) is 3.64. The summed E-state index contributed by atoms with van der Waals surface area (Å²) in [7, 11) is 0. The number of ether oxygens (including phenoxy) is 1. The van der Waals surface area contributed by atoms with Crippen LogP contribution < -0.4 is 0 Å². The molecule has 6 heteroatoms. The van der Waals surface area contributed by atoms with Gasteiger partial charge in [0.05, 0.1) is 15.9 Å². The highest BCUT2D eigenvalue weighted by Crippen LogP contribution is 2.28. The van der Waals surface area contributed by atoms with Gasteiger partial charge in [0.15, 0.2) is 5.82 Å². The first-order valence-corrected chi connectivity index (χ1v) is 8.55. The Labute approximate surface area is 139 Å². The average Bonchev–Trinajstić information content (AvgIpc) is 2.42. The molecule has 1 aliphatic rings. The first-order valence-electron chi connectivity index (χ1n) is 7.09. The Morgan fingerprint density at radius 2 is 2.20 bits per heavy atom. The van der Waals surface area contributed by atoms with Gasteiger partial charge in [-0.1, -0.05) is 32.4 Å². The van der Waals surface area contributed by atoms with Crippen LogP contribution in [0.15, 0.2) is 0 Å². The highest BCUT2D eigenvalue weighted by atomic mass is 127. The molecule has 112 valence electrons. The zero-order chi connectivity index (χ0) is 14.7. The van der Waals surface area contributed by atoms with Crippen molar-refractivity contribution in [3.63, 3.8) is 0 Å². The van der Waals surface area contributed by atoms with Gasteiger partial charge in [0.2, 0.25) is 0 Å². The van der Waals surface area contributed by atoms with E-state index in [2.05, 4.69) is 53.2 Å². The molecule has 0 spiro atoms. The Morgan fingerprint density at radius 1 is 1.45 bits per heavy atom. The second kappa shape index (κ2) is 7.33. The summed E-state index contributed by atoms with van der Waals surface area (Å²) >= 11 is 8.47. The molecule has 1 aliphatic heterocycles. The van der Waals surface area contributed by atoms with Gasteiger partial charge in [-0.05, 0) is 41.5 Å². The van der Waals surface area contributed by atoms with Crippen molar-refractivity contribution in [1.82, 2.24) is 14.9 Å². The Bertz CT molecular complexity index is 468. The molecule has 1 saturated heterocycles. The van der Waals surface area contributed by atoms with Gasteiger partial charge in [0, 0.05) is 13.1 Å². The molecule has 0 aliphatic carbocycles. The van der Waals surface area contributed by atoms with E-state index >= 15 is 0 Å². The predicted molar refractivity (Wildman–Crippen MR) is 89.3 cm³/mol. The van der Waals surface area contributed by atoms with Crippen molar-refractivity contribution in [2.24, 2.45) is 0 Å². The number of aromatic nitrogens is 2. The smallest absolute Gasteiger partial charge is 0.160 e. The number of nitrogens with zero attached hydrogens (tertiary/aromatic N) is 3. The van der Waals surface area contributed by atoms with Crippen molar-refractivity contribution in [3.8, 4) is 0 Å².